The molecule has 0 unspecified atom stereocenters. The van der Waals surface area contributed by atoms with E-state index in [0.29, 0.717) is 15.7 Å². The third-order valence-electron chi connectivity index (χ3n) is 3.42. The predicted octanol–water partition coefficient (Wildman–Crippen LogP) is 5.29. The Morgan fingerprint density at radius 3 is 2.48 bits per heavy atom. The van der Waals surface area contributed by atoms with Gasteiger partial charge in [-0.1, -0.05) is 47.1 Å². The van der Waals surface area contributed by atoms with Crippen molar-refractivity contribution in [3.05, 3.63) is 57.7 Å². The molecule has 3 nitrogen and oxygen atoms in total. The maximum Gasteiger partial charge on any atom is 0.268 e. The van der Waals surface area contributed by atoms with Crippen LogP contribution in [0.5, 0.6) is 0 Å². The molecular formula is C17H14Cl2N2OS. The topological polar surface area (TPSA) is 44.9 Å². The van der Waals surface area contributed by atoms with Crippen molar-refractivity contribution in [2.24, 2.45) is 0 Å². The fourth-order valence-corrected chi connectivity index (χ4v) is 4.18. The minimum Gasteiger partial charge on any atom is -0.354 e. The van der Waals surface area contributed by atoms with Crippen molar-refractivity contribution in [3.8, 4) is 0 Å². The summed E-state index contributed by atoms with van der Waals surface area (Å²) in [7, 11) is 1.61. The van der Waals surface area contributed by atoms with E-state index < -0.39 is 0 Å². The summed E-state index contributed by atoms with van der Waals surface area (Å²) in [6.45, 7) is 2.02. The molecule has 0 bridgehead atoms. The summed E-state index contributed by atoms with van der Waals surface area (Å²) < 4.78 is 0. The molecule has 1 amide bonds. The Labute approximate surface area is 148 Å². The smallest absolute Gasteiger partial charge is 0.268 e. The molecule has 1 heterocycles. The second kappa shape index (κ2) is 6.48. The first-order chi connectivity index (χ1) is 11.0. The number of halogens is 2. The fraction of sp³-hybridized carbons (Fsp3) is 0.118. The van der Waals surface area contributed by atoms with E-state index in [1.54, 1.807) is 13.1 Å². The molecule has 6 heteroatoms. The van der Waals surface area contributed by atoms with Gasteiger partial charge in [0.05, 0.1) is 4.90 Å². The van der Waals surface area contributed by atoms with Gasteiger partial charge in [-0.2, -0.15) is 0 Å². The third kappa shape index (κ3) is 3.34. The minimum atomic E-state index is -0.158. The number of aromatic nitrogens is 1. The molecule has 118 valence electrons. The number of aromatic amines is 1. The second-order valence-electron chi connectivity index (χ2n) is 5.16. The average Bonchev–Trinajstić information content (AvgIpc) is 2.83. The van der Waals surface area contributed by atoms with E-state index in [1.807, 2.05) is 37.3 Å². The first kappa shape index (κ1) is 16.2. The molecule has 3 rings (SSSR count). The Kier molecular flexibility index (Phi) is 4.57. The van der Waals surface area contributed by atoms with Crippen LogP contribution in [0.4, 0.5) is 0 Å². The lowest BCUT2D eigenvalue weighted by molar-refractivity contribution is 0.0956. The van der Waals surface area contributed by atoms with Crippen molar-refractivity contribution in [1.29, 1.82) is 0 Å². The summed E-state index contributed by atoms with van der Waals surface area (Å²) in [6, 6.07) is 11.4. The van der Waals surface area contributed by atoms with E-state index in [0.717, 1.165) is 26.3 Å². The molecule has 0 radical (unpaired) electrons. The van der Waals surface area contributed by atoms with Gasteiger partial charge in [-0.15, -0.1) is 0 Å². The maximum absolute atomic E-state index is 12.2. The molecule has 1 aromatic heterocycles. The lowest BCUT2D eigenvalue weighted by Gasteiger charge is -2.05. The van der Waals surface area contributed by atoms with E-state index in [2.05, 4.69) is 10.3 Å². The highest BCUT2D eigenvalue weighted by molar-refractivity contribution is 7.99. The molecule has 0 fully saturated rings. The first-order valence-corrected chi connectivity index (χ1v) is 8.53. The number of H-pyrrole nitrogens is 1. The van der Waals surface area contributed by atoms with Crippen molar-refractivity contribution < 1.29 is 4.79 Å². The minimum absolute atomic E-state index is 0.158. The van der Waals surface area contributed by atoms with Gasteiger partial charge in [-0.05, 0) is 36.8 Å². The van der Waals surface area contributed by atoms with Crippen LogP contribution in [0.25, 0.3) is 10.9 Å². The summed E-state index contributed by atoms with van der Waals surface area (Å²) in [5.41, 5.74) is 2.60. The van der Waals surface area contributed by atoms with Crippen LogP contribution in [-0.4, -0.2) is 17.9 Å². The van der Waals surface area contributed by atoms with Gasteiger partial charge < -0.3 is 10.3 Å². The molecule has 23 heavy (non-hydrogen) atoms. The summed E-state index contributed by atoms with van der Waals surface area (Å²) in [4.78, 5) is 17.2. The van der Waals surface area contributed by atoms with Gasteiger partial charge in [0.15, 0.2) is 0 Å². The monoisotopic (exact) mass is 364 g/mol. The zero-order chi connectivity index (χ0) is 16.6. The number of carbonyl (C=O) groups is 1. The second-order valence-corrected chi connectivity index (χ2v) is 7.12. The highest BCUT2D eigenvalue weighted by Gasteiger charge is 2.18. The molecule has 0 aliphatic rings. The van der Waals surface area contributed by atoms with Crippen LogP contribution in [0.3, 0.4) is 0 Å². The van der Waals surface area contributed by atoms with E-state index in [9.17, 15) is 4.79 Å². The number of hydrogen-bond donors (Lipinski definition) is 2. The molecular weight excluding hydrogens is 351 g/mol. The molecule has 0 saturated carbocycles. The predicted molar refractivity (Wildman–Crippen MR) is 97.0 cm³/mol. The SMILES string of the molecule is CNC(=O)c1[nH]c2cc(C)ccc2c1Sc1cc(Cl)cc(Cl)c1. The van der Waals surface area contributed by atoms with Gasteiger partial charge in [0, 0.05) is 32.9 Å². The van der Waals surface area contributed by atoms with Crippen molar-refractivity contribution in [2.75, 3.05) is 7.05 Å². The number of aryl methyl sites for hydroxylation is 1. The number of benzene rings is 2. The van der Waals surface area contributed by atoms with Gasteiger partial charge in [-0.25, -0.2) is 0 Å². The van der Waals surface area contributed by atoms with Gasteiger partial charge in [0.2, 0.25) is 0 Å². The van der Waals surface area contributed by atoms with Crippen LogP contribution in [0.2, 0.25) is 10.0 Å². The summed E-state index contributed by atoms with van der Waals surface area (Å²) >= 11 is 13.6. The van der Waals surface area contributed by atoms with E-state index in [-0.39, 0.29) is 5.91 Å². The number of carbonyl (C=O) groups excluding carboxylic acids is 1. The van der Waals surface area contributed by atoms with Gasteiger partial charge in [-0.3, -0.25) is 4.79 Å². The average molecular weight is 365 g/mol. The van der Waals surface area contributed by atoms with E-state index in [1.165, 1.54) is 11.8 Å². The molecule has 2 aromatic carbocycles. The molecule has 2 N–H and O–H groups in total. The van der Waals surface area contributed by atoms with Crippen molar-refractivity contribution >= 4 is 51.8 Å². The standard InChI is InChI=1S/C17H14Cl2N2OS/c1-9-3-4-13-14(5-9)21-15(17(22)20-2)16(13)23-12-7-10(18)6-11(19)8-12/h3-8,21H,1-2H3,(H,20,22). The normalized spacial score (nSPS) is 11.0. The number of nitrogens with one attached hydrogen (secondary N) is 2. The molecule has 0 saturated heterocycles. The number of amides is 1. The van der Waals surface area contributed by atoms with Crippen LogP contribution >= 0.6 is 35.0 Å². The third-order valence-corrected chi connectivity index (χ3v) is 4.95. The molecule has 0 aliphatic carbocycles. The van der Waals surface area contributed by atoms with Gasteiger partial charge in [0.25, 0.3) is 5.91 Å². The van der Waals surface area contributed by atoms with Crippen LogP contribution in [0, 0.1) is 6.92 Å². The summed E-state index contributed by atoms with van der Waals surface area (Å²) in [6.07, 6.45) is 0. The summed E-state index contributed by atoms with van der Waals surface area (Å²) in [5, 5.41) is 4.80. The highest BCUT2D eigenvalue weighted by atomic mass is 35.5. The Hall–Kier alpha value is -1.62. The Morgan fingerprint density at radius 1 is 1.13 bits per heavy atom. The maximum atomic E-state index is 12.2. The molecule has 0 atom stereocenters. The van der Waals surface area contributed by atoms with E-state index >= 15 is 0 Å². The largest absolute Gasteiger partial charge is 0.354 e. The van der Waals surface area contributed by atoms with Gasteiger partial charge in [0.1, 0.15) is 5.69 Å². The highest BCUT2D eigenvalue weighted by Crippen LogP contribution is 2.38. The van der Waals surface area contributed by atoms with Crippen molar-refractivity contribution in [1.82, 2.24) is 10.3 Å². The van der Waals surface area contributed by atoms with Crippen molar-refractivity contribution in [2.45, 2.75) is 16.7 Å². The number of hydrogen-bond acceptors (Lipinski definition) is 2. The number of fused-ring (bicyclic) bond motifs is 1. The van der Waals surface area contributed by atoms with Crippen LogP contribution < -0.4 is 5.32 Å². The lowest BCUT2D eigenvalue weighted by atomic mass is 10.2. The first-order valence-electron chi connectivity index (χ1n) is 6.96. The van der Waals surface area contributed by atoms with Crippen LogP contribution in [-0.2, 0) is 0 Å². The Bertz CT molecular complexity index is 885. The van der Waals surface area contributed by atoms with Crippen molar-refractivity contribution in [3.63, 3.8) is 0 Å². The van der Waals surface area contributed by atoms with E-state index in [4.69, 9.17) is 23.2 Å². The molecule has 3 aromatic rings. The van der Waals surface area contributed by atoms with Crippen LogP contribution in [0.15, 0.2) is 46.2 Å². The Morgan fingerprint density at radius 2 is 1.83 bits per heavy atom. The number of rotatable bonds is 3. The lowest BCUT2D eigenvalue weighted by Crippen LogP contribution is -2.18. The fourth-order valence-electron chi connectivity index (χ4n) is 2.38. The van der Waals surface area contributed by atoms with Crippen LogP contribution in [0.1, 0.15) is 16.1 Å². The Balaban J connectivity index is 2.15. The molecule has 0 aliphatic heterocycles. The molecule has 0 spiro atoms. The zero-order valence-electron chi connectivity index (χ0n) is 12.5. The van der Waals surface area contributed by atoms with Gasteiger partial charge >= 0.3 is 0 Å². The zero-order valence-corrected chi connectivity index (χ0v) is 14.9. The quantitative estimate of drug-likeness (QED) is 0.662. The summed E-state index contributed by atoms with van der Waals surface area (Å²) in [5.74, 6) is -0.158.